The summed E-state index contributed by atoms with van der Waals surface area (Å²) in [5.41, 5.74) is 0.0978. The first-order valence-corrected chi connectivity index (χ1v) is 10.6. The number of anilines is 1. The Morgan fingerprint density at radius 3 is 2.40 bits per heavy atom. The summed E-state index contributed by atoms with van der Waals surface area (Å²) in [5.74, 6) is 0.200. The lowest BCUT2D eigenvalue weighted by atomic mass is 10.1. The third-order valence-electron chi connectivity index (χ3n) is 4.81. The Labute approximate surface area is 173 Å². The molecule has 0 aromatic heterocycles. The van der Waals surface area contributed by atoms with Crippen molar-refractivity contribution in [1.82, 2.24) is 4.31 Å². The molecule has 1 atom stereocenters. The van der Waals surface area contributed by atoms with Crippen LogP contribution < -0.4 is 14.8 Å². The van der Waals surface area contributed by atoms with Gasteiger partial charge in [0.2, 0.25) is 10.0 Å². The van der Waals surface area contributed by atoms with Crippen LogP contribution in [0.25, 0.3) is 0 Å². The fourth-order valence-electron chi connectivity index (χ4n) is 3.36. The van der Waals surface area contributed by atoms with Gasteiger partial charge in [-0.05, 0) is 18.9 Å². The standard InChI is InChI=1S/C19H22FN3O6S/c1-28-17-8-15(9-18(11-17)29-2)21-14-4-3-5-22(12-14)30(26,27)19-7-13(20)6-16(10-19)23(24)25/h6-11,14,21H,3-5,12H2,1-2H3. The third-order valence-corrected chi connectivity index (χ3v) is 6.65. The molecule has 0 radical (unpaired) electrons. The summed E-state index contributed by atoms with van der Waals surface area (Å²) in [5, 5.41) is 14.2. The largest absolute Gasteiger partial charge is 0.497 e. The predicted octanol–water partition coefficient (Wildman–Crippen LogP) is 3.02. The van der Waals surface area contributed by atoms with E-state index in [1.54, 1.807) is 18.2 Å². The van der Waals surface area contributed by atoms with Crippen molar-refractivity contribution in [3.63, 3.8) is 0 Å². The molecule has 2 aromatic rings. The van der Waals surface area contributed by atoms with Gasteiger partial charge in [0.25, 0.3) is 5.69 Å². The lowest BCUT2D eigenvalue weighted by Crippen LogP contribution is -2.45. The Morgan fingerprint density at radius 1 is 1.13 bits per heavy atom. The van der Waals surface area contributed by atoms with Gasteiger partial charge in [0, 0.05) is 49.1 Å². The molecule has 0 bridgehead atoms. The average Bonchev–Trinajstić information content (AvgIpc) is 2.73. The van der Waals surface area contributed by atoms with E-state index in [1.807, 2.05) is 0 Å². The van der Waals surface area contributed by atoms with E-state index < -0.39 is 31.3 Å². The molecule has 30 heavy (non-hydrogen) atoms. The summed E-state index contributed by atoms with van der Waals surface area (Å²) in [4.78, 5) is 9.72. The minimum absolute atomic E-state index is 0.131. The van der Waals surface area contributed by atoms with Crippen molar-refractivity contribution in [3.05, 3.63) is 52.3 Å². The zero-order chi connectivity index (χ0) is 21.9. The normalized spacial score (nSPS) is 17.4. The van der Waals surface area contributed by atoms with Gasteiger partial charge in [-0.25, -0.2) is 12.8 Å². The van der Waals surface area contributed by atoms with Crippen LogP contribution in [0.1, 0.15) is 12.8 Å². The van der Waals surface area contributed by atoms with Crippen LogP contribution in [0.4, 0.5) is 15.8 Å². The van der Waals surface area contributed by atoms with Crippen LogP contribution in [0.3, 0.4) is 0 Å². The van der Waals surface area contributed by atoms with E-state index >= 15 is 0 Å². The van der Waals surface area contributed by atoms with Gasteiger partial charge in [-0.3, -0.25) is 10.1 Å². The summed E-state index contributed by atoms with van der Waals surface area (Å²) >= 11 is 0. The van der Waals surface area contributed by atoms with Crippen molar-refractivity contribution in [2.75, 3.05) is 32.6 Å². The Hall–Kier alpha value is -2.92. The molecule has 1 fully saturated rings. The van der Waals surface area contributed by atoms with E-state index in [2.05, 4.69) is 5.32 Å². The Balaban J connectivity index is 1.81. The summed E-state index contributed by atoms with van der Waals surface area (Å²) in [6, 6.07) is 7.41. The smallest absolute Gasteiger partial charge is 0.273 e. The second-order valence-electron chi connectivity index (χ2n) is 6.85. The summed E-state index contributed by atoms with van der Waals surface area (Å²) in [7, 11) is -1.03. The van der Waals surface area contributed by atoms with E-state index in [1.165, 1.54) is 18.5 Å². The molecule has 1 saturated heterocycles. The van der Waals surface area contributed by atoms with Crippen LogP contribution in [0.2, 0.25) is 0 Å². The number of nitro benzene ring substituents is 1. The van der Waals surface area contributed by atoms with Crippen molar-refractivity contribution in [1.29, 1.82) is 0 Å². The molecule has 2 aromatic carbocycles. The van der Waals surface area contributed by atoms with Crippen LogP contribution in [0.5, 0.6) is 11.5 Å². The molecule has 1 heterocycles. The maximum atomic E-state index is 13.8. The van der Waals surface area contributed by atoms with Crippen LogP contribution in [-0.2, 0) is 10.0 Å². The SMILES string of the molecule is COc1cc(NC2CCCN(S(=O)(=O)c3cc(F)cc([N+](=O)[O-])c3)C2)cc(OC)c1. The topological polar surface area (TPSA) is 111 Å². The number of nitrogens with zero attached hydrogens (tertiary/aromatic N) is 2. The fourth-order valence-corrected chi connectivity index (χ4v) is 4.93. The van der Waals surface area contributed by atoms with E-state index in [0.717, 1.165) is 18.6 Å². The lowest BCUT2D eigenvalue weighted by Gasteiger charge is -2.33. The predicted molar refractivity (Wildman–Crippen MR) is 108 cm³/mol. The fraction of sp³-hybridized carbons (Fsp3) is 0.368. The average molecular weight is 439 g/mol. The number of rotatable bonds is 7. The molecular weight excluding hydrogens is 417 g/mol. The maximum absolute atomic E-state index is 13.8. The van der Waals surface area contributed by atoms with E-state index in [9.17, 15) is 22.9 Å². The number of non-ortho nitro benzene ring substituents is 1. The molecule has 1 N–H and O–H groups in total. The van der Waals surface area contributed by atoms with Gasteiger partial charge >= 0.3 is 0 Å². The molecule has 0 amide bonds. The highest BCUT2D eigenvalue weighted by molar-refractivity contribution is 7.89. The molecule has 11 heteroatoms. The Kier molecular flexibility index (Phi) is 6.42. The molecule has 1 aliphatic heterocycles. The van der Waals surface area contributed by atoms with Crippen LogP contribution in [-0.4, -0.2) is 51.0 Å². The molecule has 0 spiro atoms. The number of methoxy groups -OCH3 is 2. The summed E-state index contributed by atoms with van der Waals surface area (Å²) in [6.45, 7) is 0.373. The number of sulfonamides is 1. The number of hydrogen-bond donors (Lipinski definition) is 1. The molecule has 0 aliphatic carbocycles. The van der Waals surface area contributed by atoms with Crippen molar-refractivity contribution >= 4 is 21.4 Å². The van der Waals surface area contributed by atoms with Crippen molar-refractivity contribution in [2.24, 2.45) is 0 Å². The van der Waals surface area contributed by atoms with Gasteiger partial charge in [-0.2, -0.15) is 4.31 Å². The highest BCUT2D eigenvalue weighted by Crippen LogP contribution is 2.29. The molecular formula is C19H22FN3O6S. The van der Waals surface area contributed by atoms with Crippen LogP contribution in [0, 0.1) is 15.9 Å². The second-order valence-corrected chi connectivity index (χ2v) is 8.79. The van der Waals surface area contributed by atoms with E-state index in [0.29, 0.717) is 29.7 Å². The number of piperidine rings is 1. The van der Waals surface area contributed by atoms with E-state index in [-0.39, 0.29) is 19.1 Å². The third kappa shape index (κ3) is 4.79. The van der Waals surface area contributed by atoms with Gasteiger partial charge < -0.3 is 14.8 Å². The first kappa shape index (κ1) is 21.8. The minimum atomic E-state index is -4.09. The number of hydrogen-bond acceptors (Lipinski definition) is 7. The van der Waals surface area contributed by atoms with Gasteiger partial charge in [-0.15, -0.1) is 0 Å². The lowest BCUT2D eigenvalue weighted by molar-refractivity contribution is -0.385. The number of halogens is 1. The van der Waals surface area contributed by atoms with E-state index in [4.69, 9.17) is 9.47 Å². The molecule has 0 saturated carbocycles. The Morgan fingerprint density at radius 2 is 1.80 bits per heavy atom. The first-order valence-electron chi connectivity index (χ1n) is 9.17. The highest BCUT2D eigenvalue weighted by Gasteiger charge is 2.32. The molecule has 162 valence electrons. The minimum Gasteiger partial charge on any atom is -0.497 e. The molecule has 9 nitrogen and oxygen atoms in total. The molecule has 1 unspecified atom stereocenters. The van der Waals surface area contributed by atoms with Gasteiger partial charge in [0.05, 0.1) is 30.1 Å². The maximum Gasteiger partial charge on any atom is 0.273 e. The number of benzene rings is 2. The first-order chi connectivity index (χ1) is 14.2. The summed E-state index contributed by atoms with van der Waals surface area (Å²) < 4.78 is 51.4. The number of nitro groups is 1. The monoisotopic (exact) mass is 439 g/mol. The van der Waals surface area contributed by atoms with Gasteiger partial charge in [0.1, 0.15) is 17.3 Å². The Bertz CT molecular complexity index is 1020. The quantitative estimate of drug-likeness (QED) is 0.521. The van der Waals surface area contributed by atoms with Crippen molar-refractivity contribution < 1.29 is 27.2 Å². The molecule has 3 rings (SSSR count). The van der Waals surface area contributed by atoms with Crippen molar-refractivity contribution in [3.8, 4) is 11.5 Å². The zero-order valence-electron chi connectivity index (χ0n) is 16.5. The number of ether oxygens (including phenoxy) is 2. The zero-order valence-corrected chi connectivity index (χ0v) is 17.3. The highest BCUT2D eigenvalue weighted by atomic mass is 32.2. The van der Waals surface area contributed by atoms with Crippen LogP contribution >= 0.6 is 0 Å². The summed E-state index contributed by atoms with van der Waals surface area (Å²) in [6.07, 6.45) is 1.30. The van der Waals surface area contributed by atoms with Crippen molar-refractivity contribution in [2.45, 2.75) is 23.8 Å². The molecule has 1 aliphatic rings. The van der Waals surface area contributed by atoms with Gasteiger partial charge in [0.15, 0.2) is 0 Å². The van der Waals surface area contributed by atoms with Gasteiger partial charge in [-0.1, -0.05) is 0 Å². The van der Waals surface area contributed by atoms with Crippen LogP contribution in [0.15, 0.2) is 41.3 Å². The second kappa shape index (κ2) is 8.84. The number of nitrogens with one attached hydrogen (secondary N) is 1.